The molecule has 0 atom stereocenters. The fourth-order valence-electron chi connectivity index (χ4n) is 3.32. The standard InChI is InChI=1S/C25H20ClN3O3/c1-16-13-22(27-28-24(16)26)18-7-9-19(10-8-18)29(15-17-5-3-2-4-6-17)25(32)21-12-11-20(30)14-23(21)31/h2-14,30-31H,15H2,1H3. The predicted octanol–water partition coefficient (Wildman–Crippen LogP) is 5.36. The largest absolute Gasteiger partial charge is 0.508 e. The minimum atomic E-state index is -0.388. The van der Waals surface area contributed by atoms with E-state index in [1.165, 1.54) is 12.1 Å². The van der Waals surface area contributed by atoms with Crippen LogP contribution >= 0.6 is 11.6 Å². The zero-order valence-electron chi connectivity index (χ0n) is 17.2. The van der Waals surface area contributed by atoms with Crippen LogP contribution in [0.2, 0.25) is 5.15 Å². The summed E-state index contributed by atoms with van der Waals surface area (Å²) in [6, 6.07) is 22.7. The maximum absolute atomic E-state index is 13.4. The number of aromatic hydroxyl groups is 2. The van der Waals surface area contributed by atoms with Crippen molar-refractivity contribution in [3.05, 3.63) is 101 Å². The second kappa shape index (κ2) is 9.08. The predicted molar refractivity (Wildman–Crippen MR) is 124 cm³/mol. The second-order valence-electron chi connectivity index (χ2n) is 7.33. The molecule has 0 unspecified atom stereocenters. The van der Waals surface area contributed by atoms with Gasteiger partial charge in [0, 0.05) is 17.3 Å². The first-order valence-electron chi connectivity index (χ1n) is 9.90. The molecule has 0 bridgehead atoms. The Morgan fingerprint density at radius 3 is 2.31 bits per heavy atom. The summed E-state index contributed by atoms with van der Waals surface area (Å²) in [7, 11) is 0. The van der Waals surface area contributed by atoms with E-state index >= 15 is 0 Å². The summed E-state index contributed by atoms with van der Waals surface area (Å²) < 4.78 is 0. The quantitative estimate of drug-likeness (QED) is 0.431. The Morgan fingerprint density at radius 1 is 0.938 bits per heavy atom. The van der Waals surface area contributed by atoms with Crippen molar-refractivity contribution in [2.45, 2.75) is 13.5 Å². The first-order valence-corrected chi connectivity index (χ1v) is 10.3. The zero-order valence-corrected chi connectivity index (χ0v) is 18.0. The summed E-state index contributed by atoms with van der Waals surface area (Å²) in [5, 5.41) is 28.3. The van der Waals surface area contributed by atoms with Gasteiger partial charge in [0.25, 0.3) is 5.91 Å². The highest BCUT2D eigenvalue weighted by molar-refractivity contribution is 6.30. The number of hydrogen-bond donors (Lipinski definition) is 2. The molecular weight excluding hydrogens is 426 g/mol. The minimum Gasteiger partial charge on any atom is -0.508 e. The van der Waals surface area contributed by atoms with Crippen molar-refractivity contribution in [2.24, 2.45) is 0 Å². The van der Waals surface area contributed by atoms with Crippen LogP contribution in [0.15, 0.2) is 78.9 Å². The van der Waals surface area contributed by atoms with Gasteiger partial charge >= 0.3 is 0 Å². The van der Waals surface area contributed by atoms with Gasteiger partial charge in [0.15, 0.2) is 5.15 Å². The van der Waals surface area contributed by atoms with Crippen molar-refractivity contribution in [1.82, 2.24) is 10.2 Å². The Bertz CT molecular complexity index is 1260. The van der Waals surface area contributed by atoms with E-state index in [4.69, 9.17) is 11.6 Å². The Kier molecular flexibility index (Phi) is 6.05. The van der Waals surface area contributed by atoms with Crippen molar-refractivity contribution in [3.63, 3.8) is 0 Å². The van der Waals surface area contributed by atoms with Gasteiger partial charge < -0.3 is 15.1 Å². The maximum atomic E-state index is 13.4. The second-order valence-corrected chi connectivity index (χ2v) is 7.69. The number of phenolic OH excluding ortho intramolecular Hbond substituents is 2. The lowest BCUT2D eigenvalue weighted by molar-refractivity contribution is 0.0982. The molecule has 0 aliphatic rings. The lowest BCUT2D eigenvalue weighted by Gasteiger charge is -2.24. The van der Waals surface area contributed by atoms with E-state index in [0.717, 1.165) is 22.8 Å². The number of rotatable bonds is 5. The lowest BCUT2D eigenvalue weighted by atomic mass is 10.1. The number of aromatic nitrogens is 2. The molecule has 1 aromatic heterocycles. The Morgan fingerprint density at radius 2 is 1.66 bits per heavy atom. The Hall–Kier alpha value is -3.90. The molecule has 160 valence electrons. The molecule has 0 saturated carbocycles. The number of amides is 1. The number of nitrogens with zero attached hydrogens (tertiary/aromatic N) is 3. The van der Waals surface area contributed by atoms with Gasteiger partial charge in [-0.1, -0.05) is 54.1 Å². The number of carbonyl (C=O) groups excluding carboxylic acids is 1. The maximum Gasteiger partial charge on any atom is 0.262 e. The SMILES string of the molecule is Cc1cc(-c2ccc(N(Cc3ccccc3)C(=O)c3ccc(O)cc3O)cc2)nnc1Cl. The van der Waals surface area contributed by atoms with Crippen molar-refractivity contribution in [1.29, 1.82) is 0 Å². The molecule has 3 aromatic carbocycles. The molecule has 0 radical (unpaired) electrons. The van der Waals surface area contributed by atoms with Crippen LogP contribution in [0, 0.1) is 6.92 Å². The fraction of sp³-hybridized carbons (Fsp3) is 0.0800. The van der Waals surface area contributed by atoms with E-state index in [-0.39, 0.29) is 23.0 Å². The van der Waals surface area contributed by atoms with Crippen LogP contribution in [0.25, 0.3) is 11.3 Å². The molecule has 6 nitrogen and oxygen atoms in total. The third kappa shape index (κ3) is 4.55. The monoisotopic (exact) mass is 445 g/mol. The van der Waals surface area contributed by atoms with E-state index in [0.29, 0.717) is 23.1 Å². The van der Waals surface area contributed by atoms with Crippen LogP contribution in [-0.4, -0.2) is 26.3 Å². The Labute approximate surface area is 190 Å². The molecule has 0 fully saturated rings. The molecule has 32 heavy (non-hydrogen) atoms. The lowest BCUT2D eigenvalue weighted by Crippen LogP contribution is -2.30. The van der Waals surface area contributed by atoms with Crippen LogP contribution in [0.4, 0.5) is 5.69 Å². The van der Waals surface area contributed by atoms with Crippen LogP contribution < -0.4 is 4.90 Å². The van der Waals surface area contributed by atoms with Gasteiger partial charge in [-0.3, -0.25) is 4.79 Å². The number of aryl methyl sites for hydroxylation is 1. The van der Waals surface area contributed by atoms with Gasteiger partial charge in [-0.25, -0.2) is 0 Å². The molecule has 1 heterocycles. The Balaban J connectivity index is 1.70. The molecule has 0 saturated heterocycles. The van der Waals surface area contributed by atoms with Crippen LogP contribution in [0.3, 0.4) is 0 Å². The average molecular weight is 446 g/mol. The number of carbonyl (C=O) groups is 1. The van der Waals surface area contributed by atoms with Crippen LogP contribution in [-0.2, 0) is 6.54 Å². The van der Waals surface area contributed by atoms with Gasteiger partial charge in [0.1, 0.15) is 11.5 Å². The first-order chi connectivity index (χ1) is 15.4. The fourth-order valence-corrected chi connectivity index (χ4v) is 3.41. The van der Waals surface area contributed by atoms with Crippen LogP contribution in [0.1, 0.15) is 21.5 Å². The number of phenols is 2. The van der Waals surface area contributed by atoms with E-state index in [1.807, 2.05) is 67.6 Å². The number of benzene rings is 3. The van der Waals surface area contributed by atoms with E-state index in [1.54, 1.807) is 4.90 Å². The summed E-state index contributed by atoms with van der Waals surface area (Å²) >= 11 is 5.97. The summed E-state index contributed by atoms with van der Waals surface area (Å²) in [5.41, 5.74) is 4.01. The molecule has 1 amide bonds. The van der Waals surface area contributed by atoms with Gasteiger partial charge in [0.2, 0.25) is 0 Å². The third-order valence-electron chi connectivity index (χ3n) is 5.04. The average Bonchev–Trinajstić information content (AvgIpc) is 2.80. The molecule has 0 spiro atoms. The molecule has 2 N–H and O–H groups in total. The summed E-state index contributed by atoms with van der Waals surface area (Å²) in [5.74, 6) is -0.782. The van der Waals surface area contributed by atoms with E-state index in [2.05, 4.69) is 10.2 Å². The summed E-state index contributed by atoms with van der Waals surface area (Å²) in [6.45, 7) is 2.17. The van der Waals surface area contributed by atoms with E-state index < -0.39 is 0 Å². The van der Waals surface area contributed by atoms with Gasteiger partial charge in [-0.05, 0) is 48.4 Å². The minimum absolute atomic E-state index is 0.0991. The van der Waals surface area contributed by atoms with Crippen molar-refractivity contribution >= 4 is 23.2 Å². The normalized spacial score (nSPS) is 10.7. The van der Waals surface area contributed by atoms with Gasteiger partial charge in [-0.15, -0.1) is 10.2 Å². The highest BCUT2D eigenvalue weighted by Crippen LogP contribution is 2.29. The highest BCUT2D eigenvalue weighted by Gasteiger charge is 2.21. The topological polar surface area (TPSA) is 86.6 Å². The molecular formula is C25H20ClN3O3. The smallest absolute Gasteiger partial charge is 0.262 e. The van der Waals surface area contributed by atoms with Gasteiger partial charge in [-0.2, -0.15) is 0 Å². The third-order valence-corrected chi connectivity index (χ3v) is 5.41. The number of hydrogen-bond acceptors (Lipinski definition) is 5. The molecule has 7 heteroatoms. The van der Waals surface area contributed by atoms with Crippen molar-refractivity contribution in [3.8, 4) is 22.8 Å². The van der Waals surface area contributed by atoms with Gasteiger partial charge in [0.05, 0.1) is 17.8 Å². The number of anilines is 1. The molecule has 0 aliphatic heterocycles. The summed E-state index contributed by atoms with van der Waals surface area (Å²) in [4.78, 5) is 14.9. The molecule has 4 aromatic rings. The summed E-state index contributed by atoms with van der Waals surface area (Å²) in [6.07, 6.45) is 0. The zero-order chi connectivity index (χ0) is 22.7. The highest BCUT2D eigenvalue weighted by atomic mass is 35.5. The van der Waals surface area contributed by atoms with E-state index in [9.17, 15) is 15.0 Å². The van der Waals surface area contributed by atoms with Crippen molar-refractivity contribution in [2.75, 3.05) is 4.90 Å². The number of halogens is 1. The first kappa shape index (κ1) is 21.3. The molecule has 0 aliphatic carbocycles. The van der Waals surface area contributed by atoms with Crippen LogP contribution in [0.5, 0.6) is 11.5 Å². The molecule has 4 rings (SSSR count). The van der Waals surface area contributed by atoms with Crippen molar-refractivity contribution < 1.29 is 15.0 Å².